The Kier molecular flexibility index (Phi) is 5.37. The molecule has 1 aromatic rings. The van der Waals surface area contributed by atoms with Crippen molar-refractivity contribution in [1.29, 1.82) is 5.26 Å². The number of nitrogens with zero attached hydrogens (tertiary/aromatic N) is 1. The van der Waals surface area contributed by atoms with Crippen LogP contribution in [-0.2, 0) is 6.42 Å². The highest BCUT2D eigenvalue weighted by Crippen LogP contribution is 2.26. The maximum absolute atomic E-state index is 8.54. The number of thioether (sulfide) groups is 1. The van der Waals surface area contributed by atoms with Gasteiger partial charge in [-0.3, -0.25) is 0 Å². The highest BCUT2D eigenvalue weighted by atomic mass is 32.2. The van der Waals surface area contributed by atoms with Crippen LogP contribution in [0.1, 0.15) is 23.6 Å². The number of nitriles is 1. The molecule has 0 aromatic heterocycles. The smallest absolute Gasteiger partial charge is 0.133 e. The predicted octanol–water partition coefficient (Wildman–Crippen LogP) is 3.70. The van der Waals surface area contributed by atoms with E-state index in [4.69, 9.17) is 10.00 Å². The molecule has 0 saturated carbocycles. The first-order valence-corrected chi connectivity index (χ1v) is 6.72. The van der Waals surface area contributed by atoms with Gasteiger partial charge in [-0.1, -0.05) is 13.0 Å². The number of hydrogen-bond acceptors (Lipinski definition) is 3. The minimum absolute atomic E-state index is 0.520. The van der Waals surface area contributed by atoms with E-state index >= 15 is 0 Å². The van der Waals surface area contributed by atoms with Crippen LogP contribution >= 0.6 is 11.8 Å². The highest BCUT2D eigenvalue weighted by Gasteiger charge is 2.10. The summed E-state index contributed by atoms with van der Waals surface area (Å²) in [5, 5.41) is 10.7. The molecule has 0 aliphatic carbocycles. The largest absolute Gasteiger partial charge is 0.496 e. The molecule has 17 heavy (non-hydrogen) atoms. The molecule has 0 aliphatic rings. The molecular formula is C14H19NOS. The molecular weight excluding hydrogens is 230 g/mol. The van der Waals surface area contributed by atoms with Crippen molar-refractivity contribution in [3.05, 3.63) is 28.8 Å². The molecule has 0 heterocycles. The summed E-state index contributed by atoms with van der Waals surface area (Å²) >= 11 is 1.33. The van der Waals surface area contributed by atoms with Crippen molar-refractivity contribution >= 4 is 11.8 Å². The van der Waals surface area contributed by atoms with Gasteiger partial charge in [0.1, 0.15) is 11.2 Å². The SMILES string of the molecule is COc1ccc(CC(C)CSC#N)c(C)c1C. The quantitative estimate of drug-likeness (QED) is 0.746. The van der Waals surface area contributed by atoms with Crippen molar-refractivity contribution in [3.63, 3.8) is 0 Å². The number of hydrogen-bond donors (Lipinski definition) is 0. The molecule has 0 radical (unpaired) electrons. The molecule has 0 spiro atoms. The minimum atomic E-state index is 0.520. The lowest BCUT2D eigenvalue weighted by Crippen LogP contribution is -2.05. The molecule has 0 N–H and O–H groups in total. The average molecular weight is 249 g/mol. The van der Waals surface area contributed by atoms with Gasteiger partial charge in [-0.2, -0.15) is 5.26 Å². The Labute approximate surface area is 108 Å². The normalized spacial score (nSPS) is 11.9. The molecule has 1 atom stereocenters. The first kappa shape index (κ1) is 13.9. The van der Waals surface area contributed by atoms with Crippen molar-refractivity contribution in [2.75, 3.05) is 12.9 Å². The fourth-order valence-corrected chi connectivity index (χ4v) is 2.38. The van der Waals surface area contributed by atoms with Crippen molar-refractivity contribution in [1.82, 2.24) is 0 Å². The third-order valence-electron chi connectivity index (χ3n) is 3.07. The van der Waals surface area contributed by atoms with E-state index in [9.17, 15) is 0 Å². The van der Waals surface area contributed by atoms with E-state index in [1.165, 1.54) is 28.5 Å². The van der Waals surface area contributed by atoms with Gasteiger partial charge in [0.25, 0.3) is 0 Å². The van der Waals surface area contributed by atoms with Crippen LogP contribution in [0.5, 0.6) is 5.75 Å². The van der Waals surface area contributed by atoms with Gasteiger partial charge < -0.3 is 4.74 Å². The molecule has 1 aromatic carbocycles. The summed E-state index contributed by atoms with van der Waals surface area (Å²) < 4.78 is 5.30. The molecule has 0 bridgehead atoms. The Morgan fingerprint density at radius 3 is 2.65 bits per heavy atom. The van der Waals surface area contributed by atoms with E-state index in [-0.39, 0.29) is 0 Å². The summed E-state index contributed by atoms with van der Waals surface area (Å²) in [6.45, 7) is 6.41. The topological polar surface area (TPSA) is 33.0 Å². The standard InChI is InChI=1S/C14H19NOS/c1-10(8-17-9-15)7-13-5-6-14(16-4)12(3)11(13)2/h5-6,10H,7-8H2,1-4H3. The number of thiocyanates is 1. The van der Waals surface area contributed by atoms with E-state index in [0.717, 1.165) is 17.9 Å². The third-order valence-corrected chi connectivity index (χ3v) is 3.94. The van der Waals surface area contributed by atoms with E-state index in [1.807, 2.05) is 6.07 Å². The number of ether oxygens (including phenoxy) is 1. The molecule has 0 aliphatic heterocycles. The Bertz CT molecular complexity index is 423. The molecule has 1 unspecified atom stereocenters. The second-order valence-electron chi connectivity index (χ2n) is 4.39. The average Bonchev–Trinajstić information content (AvgIpc) is 2.33. The summed E-state index contributed by atoms with van der Waals surface area (Å²) in [5.41, 5.74) is 3.87. The fraction of sp³-hybridized carbons (Fsp3) is 0.500. The van der Waals surface area contributed by atoms with Crippen molar-refractivity contribution < 1.29 is 4.74 Å². The summed E-state index contributed by atoms with van der Waals surface area (Å²) in [4.78, 5) is 0. The lowest BCUT2D eigenvalue weighted by atomic mass is 9.95. The van der Waals surface area contributed by atoms with Gasteiger partial charge in [-0.15, -0.1) is 0 Å². The van der Waals surface area contributed by atoms with Crippen LogP contribution in [0.25, 0.3) is 0 Å². The molecule has 1 rings (SSSR count). The molecule has 0 saturated heterocycles. The Morgan fingerprint density at radius 2 is 2.06 bits per heavy atom. The molecule has 92 valence electrons. The Hall–Kier alpha value is -1.14. The van der Waals surface area contributed by atoms with Crippen molar-refractivity contribution in [2.45, 2.75) is 27.2 Å². The van der Waals surface area contributed by atoms with Crippen LogP contribution in [-0.4, -0.2) is 12.9 Å². The zero-order chi connectivity index (χ0) is 12.8. The van der Waals surface area contributed by atoms with Crippen molar-refractivity contribution in [2.24, 2.45) is 5.92 Å². The van der Waals surface area contributed by atoms with Gasteiger partial charge in [0, 0.05) is 5.75 Å². The monoisotopic (exact) mass is 249 g/mol. The van der Waals surface area contributed by atoms with E-state index < -0.39 is 0 Å². The molecule has 0 fully saturated rings. The molecule has 3 heteroatoms. The maximum atomic E-state index is 8.54. The van der Waals surface area contributed by atoms with E-state index in [2.05, 4.69) is 32.2 Å². The fourth-order valence-electron chi connectivity index (χ4n) is 1.91. The van der Waals surface area contributed by atoms with Crippen LogP contribution in [0.4, 0.5) is 0 Å². The number of methoxy groups -OCH3 is 1. The van der Waals surface area contributed by atoms with Crippen LogP contribution in [0.3, 0.4) is 0 Å². The van der Waals surface area contributed by atoms with Crippen LogP contribution < -0.4 is 4.74 Å². The Balaban J connectivity index is 2.79. The van der Waals surface area contributed by atoms with Crippen LogP contribution in [0.2, 0.25) is 0 Å². The first-order chi connectivity index (χ1) is 8.10. The first-order valence-electron chi connectivity index (χ1n) is 5.74. The van der Waals surface area contributed by atoms with Gasteiger partial charge in [-0.25, -0.2) is 0 Å². The lowest BCUT2D eigenvalue weighted by molar-refractivity contribution is 0.411. The summed E-state index contributed by atoms with van der Waals surface area (Å²) in [5.74, 6) is 2.36. The second-order valence-corrected chi connectivity index (χ2v) is 5.19. The van der Waals surface area contributed by atoms with E-state index in [0.29, 0.717) is 5.92 Å². The summed E-state index contributed by atoms with van der Waals surface area (Å²) in [7, 11) is 1.70. The van der Waals surface area contributed by atoms with Gasteiger partial charge >= 0.3 is 0 Å². The highest BCUT2D eigenvalue weighted by molar-refractivity contribution is 8.03. The zero-order valence-corrected chi connectivity index (χ0v) is 11.7. The molecule has 2 nitrogen and oxygen atoms in total. The predicted molar refractivity (Wildman–Crippen MR) is 73.4 cm³/mol. The van der Waals surface area contributed by atoms with Crippen LogP contribution in [0, 0.1) is 30.4 Å². The number of benzene rings is 1. The van der Waals surface area contributed by atoms with Crippen LogP contribution in [0.15, 0.2) is 12.1 Å². The second kappa shape index (κ2) is 6.56. The van der Waals surface area contributed by atoms with Crippen molar-refractivity contribution in [3.8, 4) is 11.2 Å². The number of rotatable bonds is 5. The van der Waals surface area contributed by atoms with Gasteiger partial charge in [-0.05, 0) is 60.7 Å². The van der Waals surface area contributed by atoms with Gasteiger partial charge in [0.15, 0.2) is 0 Å². The molecule has 0 amide bonds. The minimum Gasteiger partial charge on any atom is -0.496 e. The summed E-state index contributed by atoms with van der Waals surface area (Å²) in [6.07, 6.45) is 1.02. The third kappa shape index (κ3) is 3.67. The lowest BCUT2D eigenvalue weighted by Gasteiger charge is -2.15. The summed E-state index contributed by atoms with van der Waals surface area (Å²) in [6, 6.07) is 4.16. The van der Waals surface area contributed by atoms with Gasteiger partial charge in [0.05, 0.1) is 7.11 Å². The van der Waals surface area contributed by atoms with E-state index in [1.54, 1.807) is 7.11 Å². The van der Waals surface area contributed by atoms with Gasteiger partial charge in [0.2, 0.25) is 0 Å². The zero-order valence-electron chi connectivity index (χ0n) is 10.9. The Morgan fingerprint density at radius 1 is 1.35 bits per heavy atom. The maximum Gasteiger partial charge on any atom is 0.133 e.